The SMILES string of the molecule is CSCc1ccc2c(c1)CCNC2. The first kappa shape index (κ1) is 9.10. The average molecular weight is 193 g/mol. The molecule has 2 rings (SSSR count). The molecule has 0 aliphatic carbocycles. The molecule has 0 aromatic heterocycles. The molecule has 1 aliphatic rings. The Bertz CT molecular complexity index is 296. The van der Waals surface area contributed by atoms with Crippen LogP contribution in [-0.2, 0) is 18.7 Å². The molecule has 1 aliphatic heterocycles. The zero-order valence-electron chi connectivity index (χ0n) is 7.97. The average Bonchev–Trinajstić information content (AvgIpc) is 2.18. The van der Waals surface area contributed by atoms with Crippen LogP contribution in [0, 0.1) is 0 Å². The molecule has 1 N–H and O–H groups in total. The van der Waals surface area contributed by atoms with Gasteiger partial charge in [-0.3, -0.25) is 0 Å². The van der Waals surface area contributed by atoms with Crippen molar-refractivity contribution in [3.05, 3.63) is 34.9 Å². The summed E-state index contributed by atoms with van der Waals surface area (Å²) < 4.78 is 0. The molecule has 0 spiro atoms. The summed E-state index contributed by atoms with van der Waals surface area (Å²) >= 11 is 1.89. The number of nitrogens with one attached hydrogen (secondary N) is 1. The van der Waals surface area contributed by atoms with Crippen molar-refractivity contribution in [3.8, 4) is 0 Å². The fourth-order valence-corrected chi connectivity index (χ4v) is 2.30. The van der Waals surface area contributed by atoms with Gasteiger partial charge in [0.2, 0.25) is 0 Å². The first-order valence-corrected chi connectivity index (χ1v) is 6.10. The molecule has 0 bridgehead atoms. The molecule has 0 fully saturated rings. The summed E-state index contributed by atoms with van der Waals surface area (Å²) in [6.45, 7) is 2.19. The van der Waals surface area contributed by atoms with Gasteiger partial charge in [-0.25, -0.2) is 0 Å². The lowest BCUT2D eigenvalue weighted by Crippen LogP contribution is -2.23. The number of fused-ring (bicyclic) bond motifs is 1. The van der Waals surface area contributed by atoms with Gasteiger partial charge in [-0.1, -0.05) is 18.2 Å². The van der Waals surface area contributed by atoms with E-state index in [1.54, 1.807) is 5.56 Å². The molecule has 1 aromatic rings. The highest BCUT2D eigenvalue weighted by Crippen LogP contribution is 2.18. The van der Waals surface area contributed by atoms with Gasteiger partial charge in [0.25, 0.3) is 0 Å². The van der Waals surface area contributed by atoms with E-state index in [1.165, 1.54) is 17.5 Å². The van der Waals surface area contributed by atoms with Gasteiger partial charge in [0.1, 0.15) is 0 Å². The maximum Gasteiger partial charge on any atom is 0.0208 e. The Morgan fingerprint density at radius 3 is 3.15 bits per heavy atom. The third-order valence-electron chi connectivity index (χ3n) is 2.47. The molecular weight excluding hydrogens is 178 g/mol. The van der Waals surface area contributed by atoms with Crippen molar-refractivity contribution in [1.82, 2.24) is 5.32 Å². The van der Waals surface area contributed by atoms with Crippen molar-refractivity contribution >= 4 is 11.8 Å². The van der Waals surface area contributed by atoms with Gasteiger partial charge in [0.05, 0.1) is 0 Å². The van der Waals surface area contributed by atoms with Crippen molar-refractivity contribution in [2.24, 2.45) is 0 Å². The van der Waals surface area contributed by atoms with Crippen LogP contribution < -0.4 is 5.32 Å². The van der Waals surface area contributed by atoms with E-state index in [-0.39, 0.29) is 0 Å². The van der Waals surface area contributed by atoms with Crippen LogP contribution in [0.2, 0.25) is 0 Å². The molecule has 70 valence electrons. The highest BCUT2D eigenvalue weighted by molar-refractivity contribution is 7.97. The van der Waals surface area contributed by atoms with Crippen LogP contribution in [0.4, 0.5) is 0 Å². The topological polar surface area (TPSA) is 12.0 Å². The van der Waals surface area contributed by atoms with Crippen molar-refractivity contribution in [3.63, 3.8) is 0 Å². The number of rotatable bonds is 2. The molecule has 1 heterocycles. The molecule has 0 radical (unpaired) electrons. The van der Waals surface area contributed by atoms with Crippen LogP contribution in [-0.4, -0.2) is 12.8 Å². The highest BCUT2D eigenvalue weighted by Gasteiger charge is 2.07. The Morgan fingerprint density at radius 1 is 1.38 bits per heavy atom. The maximum atomic E-state index is 3.39. The minimum absolute atomic E-state index is 1.05. The van der Waals surface area contributed by atoms with E-state index in [0.717, 1.165) is 18.8 Å². The van der Waals surface area contributed by atoms with E-state index in [2.05, 4.69) is 29.8 Å². The van der Waals surface area contributed by atoms with Crippen LogP contribution in [0.15, 0.2) is 18.2 Å². The molecule has 1 aromatic carbocycles. The number of thioether (sulfide) groups is 1. The van der Waals surface area contributed by atoms with Crippen molar-refractivity contribution < 1.29 is 0 Å². The molecule has 1 nitrogen and oxygen atoms in total. The summed E-state index contributed by atoms with van der Waals surface area (Å²) in [5.41, 5.74) is 4.49. The zero-order valence-corrected chi connectivity index (χ0v) is 8.79. The maximum absolute atomic E-state index is 3.39. The monoisotopic (exact) mass is 193 g/mol. The second kappa shape index (κ2) is 4.16. The lowest BCUT2D eigenvalue weighted by atomic mass is 9.99. The summed E-state index contributed by atoms with van der Waals surface area (Å²) in [4.78, 5) is 0. The van der Waals surface area contributed by atoms with Gasteiger partial charge in [0, 0.05) is 12.3 Å². The van der Waals surface area contributed by atoms with Crippen LogP contribution in [0.1, 0.15) is 16.7 Å². The van der Waals surface area contributed by atoms with Crippen LogP contribution in [0.25, 0.3) is 0 Å². The van der Waals surface area contributed by atoms with Crippen molar-refractivity contribution in [2.75, 3.05) is 12.8 Å². The number of hydrogen-bond donors (Lipinski definition) is 1. The molecule has 2 heteroatoms. The molecule has 0 saturated carbocycles. The van der Waals surface area contributed by atoms with Gasteiger partial charge in [-0.2, -0.15) is 11.8 Å². The predicted molar refractivity (Wildman–Crippen MR) is 59.1 cm³/mol. The van der Waals surface area contributed by atoms with Gasteiger partial charge < -0.3 is 5.32 Å². The fraction of sp³-hybridized carbons (Fsp3) is 0.455. The number of benzene rings is 1. The quantitative estimate of drug-likeness (QED) is 0.772. The smallest absolute Gasteiger partial charge is 0.0208 e. The van der Waals surface area contributed by atoms with E-state index in [0.29, 0.717) is 0 Å². The molecule has 13 heavy (non-hydrogen) atoms. The Balaban J connectivity index is 2.24. The van der Waals surface area contributed by atoms with Gasteiger partial charge in [-0.15, -0.1) is 0 Å². The Hall–Kier alpha value is -0.470. The summed E-state index contributed by atoms with van der Waals surface area (Å²) in [5, 5.41) is 3.39. The number of hydrogen-bond acceptors (Lipinski definition) is 2. The first-order valence-electron chi connectivity index (χ1n) is 4.70. The minimum atomic E-state index is 1.05. The summed E-state index contributed by atoms with van der Waals surface area (Å²) in [6.07, 6.45) is 3.35. The van der Waals surface area contributed by atoms with Gasteiger partial charge in [-0.05, 0) is 35.9 Å². The van der Waals surface area contributed by atoms with E-state index < -0.39 is 0 Å². The Morgan fingerprint density at radius 2 is 2.31 bits per heavy atom. The lowest BCUT2D eigenvalue weighted by Gasteiger charge is -2.17. The first-order chi connectivity index (χ1) is 6.40. The van der Waals surface area contributed by atoms with Gasteiger partial charge in [0.15, 0.2) is 0 Å². The fourth-order valence-electron chi connectivity index (χ4n) is 1.79. The zero-order chi connectivity index (χ0) is 9.10. The Kier molecular flexibility index (Phi) is 2.91. The third-order valence-corrected chi connectivity index (χ3v) is 3.09. The third kappa shape index (κ3) is 2.06. The van der Waals surface area contributed by atoms with Crippen molar-refractivity contribution in [1.29, 1.82) is 0 Å². The second-order valence-corrected chi connectivity index (χ2v) is 4.33. The van der Waals surface area contributed by atoms with Crippen molar-refractivity contribution in [2.45, 2.75) is 18.7 Å². The van der Waals surface area contributed by atoms with Crippen LogP contribution in [0.5, 0.6) is 0 Å². The molecular formula is C11H15NS. The van der Waals surface area contributed by atoms with E-state index in [4.69, 9.17) is 0 Å². The minimum Gasteiger partial charge on any atom is -0.312 e. The standard InChI is InChI=1S/C11H15NS/c1-13-8-9-2-3-11-7-12-5-4-10(11)6-9/h2-3,6,12H,4-5,7-8H2,1H3. The van der Waals surface area contributed by atoms with E-state index >= 15 is 0 Å². The van der Waals surface area contributed by atoms with Crippen LogP contribution in [0.3, 0.4) is 0 Å². The summed E-state index contributed by atoms with van der Waals surface area (Å²) in [5.74, 6) is 1.14. The summed E-state index contributed by atoms with van der Waals surface area (Å²) in [6, 6.07) is 6.89. The second-order valence-electron chi connectivity index (χ2n) is 3.46. The highest BCUT2D eigenvalue weighted by atomic mass is 32.2. The molecule has 0 saturated heterocycles. The largest absolute Gasteiger partial charge is 0.312 e. The normalized spacial score (nSPS) is 15.5. The lowest BCUT2D eigenvalue weighted by molar-refractivity contribution is 0.643. The Labute approximate surface area is 83.9 Å². The summed E-state index contributed by atoms with van der Waals surface area (Å²) in [7, 11) is 0. The van der Waals surface area contributed by atoms with Crippen LogP contribution >= 0.6 is 11.8 Å². The van der Waals surface area contributed by atoms with E-state index in [1.807, 2.05) is 11.8 Å². The van der Waals surface area contributed by atoms with E-state index in [9.17, 15) is 0 Å². The van der Waals surface area contributed by atoms with Gasteiger partial charge >= 0.3 is 0 Å². The molecule has 0 unspecified atom stereocenters. The molecule has 0 amide bonds. The predicted octanol–water partition coefficient (Wildman–Crippen LogP) is 2.20. The molecule has 0 atom stereocenters.